The molecular formula is C12H25N3O2. The van der Waals surface area contributed by atoms with E-state index in [9.17, 15) is 4.79 Å². The zero-order chi connectivity index (χ0) is 12.7. The van der Waals surface area contributed by atoms with Gasteiger partial charge in [-0.15, -0.1) is 0 Å². The van der Waals surface area contributed by atoms with Crippen molar-refractivity contribution < 1.29 is 9.53 Å². The van der Waals surface area contributed by atoms with Gasteiger partial charge in [0.1, 0.15) is 0 Å². The van der Waals surface area contributed by atoms with E-state index in [1.807, 2.05) is 6.92 Å². The van der Waals surface area contributed by atoms with Crippen LogP contribution in [-0.2, 0) is 9.53 Å². The van der Waals surface area contributed by atoms with Crippen LogP contribution in [0.4, 0.5) is 0 Å². The van der Waals surface area contributed by atoms with Crippen LogP contribution in [0, 0.1) is 0 Å². The van der Waals surface area contributed by atoms with Gasteiger partial charge in [0, 0.05) is 25.7 Å². The Morgan fingerprint density at radius 2 is 2.41 bits per heavy atom. The second-order valence-corrected chi connectivity index (χ2v) is 4.72. The fourth-order valence-electron chi connectivity index (χ4n) is 2.10. The number of hydrogen-bond acceptors (Lipinski definition) is 4. The van der Waals surface area contributed by atoms with Crippen molar-refractivity contribution in [3.63, 3.8) is 0 Å². The van der Waals surface area contributed by atoms with E-state index < -0.39 is 0 Å². The third kappa shape index (κ3) is 5.48. The first-order valence-electron chi connectivity index (χ1n) is 6.49. The Bertz CT molecular complexity index is 236. The molecule has 1 amide bonds. The van der Waals surface area contributed by atoms with Gasteiger partial charge in [-0.25, -0.2) is 0 Å². The fraction of sp³-hybridized carbons (Fsp3) is 0.917. The van der Waals surface area contributed by atoms with Gasteiger partial charge in [0.2, 0.25) is 5.91 Å². The molecule has 5 nitrogen and oxygen atoms in total. The molecule has 0 aromatic carbocycles. The predicted octanol–water partition coefficient (Wildman–Crippen LogP) is -0.0493. The largest absolute Gasteiger partial charge is 0.374 e. The average Bonchev–Trinajstić information content (AvgIpc) is 2.29. The maximum atomic E-state index is 11.8. The summed E-state index contributed by atoms with van der Waals surface area (Å²) in [6.45, 7) is 7.37. The molecule has 1 heterocycles. The SMILES string of the molecule is CCCC(C)NC(=O)CN1CCOC(CN)C1. The molecule has 0 aliphatic carbocycles. The molecule has 3 N–H and O–H groups in total. The topological polar surface area (TPSA) is 67.6 Å². The summed E-state index contributed by atoms with van der Waals surface area (Å²) in [5.74, 6) is 0.101. The van der Waals surface area contributed by atoms with Crippen LogP contribution < -0.4 is 11.1 Å². The van der Waals surface area contributed by atoms with Gasteiger partial charge in [0.15, 0.2) is 0 Å². The van der Waals surface area contributed by atoms with Crippen molar-refractivity contribution in [2.75, 3.05) is 32.8 Å². The minimum Gasteiger partial charge on any atom is -0.374 e. The van der Waals surface area contributed by atoms with Crippen molar-refractivity contribution in [2.24, 2.45) is 5.73 Å². The molecule has 0 aromatic heterocycles. The molecule has 2 unspecified atom stereocenters. The van der Waals surface area contributed by atoms with E-state index in [0.29, 0.717) is 19.7 Å². The highest BCUT2D eigenvalue weighted by molar-refractivity contribution is 5.78. The lowest BCUT2D eigenvalue weighted by Gasteiger charge is -2.32. The number of carbonyl (C=O) groups is 1. The number of nitrogens with two attached hydrogens (primary N) is 1. The average molecular weight is 243 g/mol. The fourth-order valence-corrected chi connectivity index (χ4v) is 2.10. The lowest BCUT2D eigenvalue weighted by Crippen LogP contribution is -2.49. The van der Waals surface area contributed by atoms with Crippen molar-refractivity contribution in [1.82, 2.24) is 10.2 Å². The van der Waals surface area contributed by atoms with Gasteiger partial charge in [-0.1, -0.05) is 13.3 Å². The van der Waals surface area contributed by atoms with Gasteiger partial charge in [0.25, 0.3) is 0 Å². The predicted molar refractivity (Wildman–Crippen MR) is 67.7 cm³/mol. The highest BCUT2D eigenvalue weighted by atomic mass is 16.5. The van der Waals surface area contributed by atoms with Crippen LogP contribution in [0.2, 0.25) is 0 Å². The van der Waals surface area contributed by atoms with Crippen molar-refractivity contribution in [3.05, 3.63) is 0 Å². The van der Waals surface area contributed by atoms with Gasteiger partial charge < -0.3 is 15.8 Å². The molecule has 17 heavy (non-hydrogen) atoms. The second-order valence-electron chi connectivity index (χ2n) is 4.72. The Labute approximate surface area is 104 Å². The van der Waals surface area contributed by atoms with E-state index >= 15 is 0 Å². The highest BCUT2D eigenvalue weighted by Gasteiger charge is 2.21. The third-order valence-corrected chi connectivity index (χ3v) is 2.98. The lowest BCUT2D eigenvalue weighted by molar-refractivity contribution is -0.124. The molecule has 0 bridgehead atoms. The molecule has 1 rings (SSSR count). The summed E-state index contributed by atoms with van der Waals surface area (Å²) < 4.78 is 5.46. The van der Waals surface area contributed by atoms with Crippen molar-refractivity contribution in [3.8, 4) is 0 Å². The van der Waals surface area contributed by atoms with Gasteiger partial charge >= 0.3 is 0 Å². The van der Waals surface area contributed by atoms with E-state index in [4.69, 9.17) is 10.5 Å². The maximum absolute atomic E-state index is 11.8. The first-order valence-corrected chi connectivity index (χ1v) is 6.49. The first-order chi connectivity index (χ1) is 8.15. The van der Waals surface area contributed by atoms with E-state index in [1.165, 1.54) is 0 Å². The highest BCUT2D eigenvalue weighted by Crippen LogP contribution is 2.03. The van der Waals surface area contributed by atoms with E-state index in [1.54, 1.807) is 0 Å². The van der Waals surface area contributed by atoms with Crippen molar-refractivity contribution >= 4 is 5.91 Å². The molecule has 0 aromatic rings. The van der Waals surface area contributed by atoms with Crippen LogP contribution in [0.5, 0.6) is 0 Å². The van der Waals surface area contributed by atoms with E-state index in [-0.39, 0.29) is 18.1 Å². The number of rotatable bonds is 6. The van der Waals surface area contributed by atoms with E-state index in [0.717, 1.165) is 25.9 Å². The summed E-state index contributed by atoms with van der Waals surface area (Å²) in [7, 11) is 0. The zero-order valence-electron chi connectivity index (χ0n) is 10.9. The van der Waals surface area contributed by atoms with Crippen LogP contribution in [-0.4, -0.2) is 55.7 Å². The molecule has 1 aliphatic heterocycles. The van der Waals surface area contributed by atoms with Crippen LogP contribution in [0.25, 0.3) is 0 Å². The maximum Gasteiger partial charge on any atom is 0.234 e. The van der Waals surface area contributed by atoms with Gasteiger partial charge in [0.05, 0.1) is 19.3 Å². The summed E-state index contributed by atoms with van der Waals surface area (Å²) in [4.78, 5) is 13.9. The summed E-state index contributed by atoms with van der Waals surface area (Å²) in [6.07, 6.45) is 2.19. The lowest BCUT2D eigenvalue weighted by atomic mass is 10.2. The van der Waals surface area contributed by atoms with Crippen LogP contribution in [0.3, 0.4) is 0 Å². The number of nitrogens with one attached hydrogen (secondary N) is 1. The van der Waals surface area contributed by atoms with Crippen LogP contribution in [0.1, 0.15) is 26.7 Å². The summed E-state index contributed by atoms with van der Waals surface area (Å²) in [5.41, 5.74) is 5.56. The Balaban J connectivity index is 2.25. The Morgan fingerprint density at radius 1 is 1.65 bits per heavy atom. The van der Waals surface area contributed by atoms with Crippen molar-refractivity contribution in [2.45, 2.75) is 38.8 Å². The number of amides is 1. The second kappa shape index (κ2) is 7.63. The van der Waals surface area contributed by atoms with Crippen molar-refractivity contribution in [1.29, 1.82) is 0 Å². The molecule has 5 heteroatoms. The summed E-state index contributed by atoms with van der Waals surface area (Å²) >= 11 is 0. The van der Waals surface area contributed by atoms with Crippen LogP contribution in [0.15, 0.2) is 0 Å². The molecular weight excluding hydrogens is 218 g/mol. The number of nitrogens with zero attached hydrogens (tertiary/aromatic N) is 1. The van der Waals surface area contributed by atoms with Gasteiger partial charge in [-0.2, -0.15) is 0 Å². The number of hydrogen-bond donors (Lipinski definition) is 2. The minimum atomic E-state index is 0.0737. The smallest absolute Gasteiger partial charge is 0.234 e. The van der Waals surface area contributed by atoms with Gasteiger partial charge in [-0.05, 0) is 13.3 Å². The Morgan fingerprint density at radius 3 is 3.06 bits per heavy atom. The summed E-state index contributed by atoms with van der Waals surface area (Å²) in [5, 5.41) is 3.01. The third-order valence-electron chi connectivity index (χ3n) is 2.98. The molecule has 100 valence electrons. The molecule has 1 fully saturated rings. The monoisotopic (exact) mass is 243 g/mol. The molecule has 1 aliphatic rings. The molecule has 0 saturated carbocycles. The number of ether oxygens (including phenoxy) is 1. The first kappa shape index (κ1) is 14.4. The van der Waals surface area contributed by atoms with Crippen LogP contribution >= 0.6 is 0 Å². The molecule has 0 spiro atoms. The number of morpholine rings is 1. The standard InChI is InChI=1S/C12H25N3O2/c1-3-4-10(2)14-12(16)9-15-5-6-17-11(7-13)8-15/h10-11H,3-9,13H2,1-2H3,(H,14,16). The minimum absolute atomic E-state index is 0.0737. The normalized spacial score (nSPS) is 23.4. The molecule has 1 saturated heterocycles. The van der Waals surface area contributed by atoms with Gasteiger partial charge in [-0.3, -0.25) is 9.69 Å². The Kier molecular flexibility index (Phi) is 6.47. The van der Waals surface area contributed by atoms with E-state index in [2.05, 4.69) is 17.1 Å². The molecule has 2 atom stereocenters. The number of carbonyl (C=O) groups excluding carboxylic acids is 1. The summed E-state index contributed by atoms with van der Waals surface area (Å²) in [6, 6.07) is 0.263. The molecule has 0 radical (unpaired) electrons. The Hall–Kier alpha value is -0.650. The zero-order valence-corrected chi connectivity index (χ0v) is 10.9. The quantitative estimate of drug-likeness (QED) is 0.686.